The van der Waals surface area contributed by atoms with Gasteiger partial charge in [-0.25, -0.2) is 4.99 Å². The third kappa shape index (κ3) is 8.22. The first kappa shape index (κ1) is 23.5. The predicted molar refractivity (Wildman–Crippen MR) is 120 cm³/mol. The molecule has 0 bridgehead atoms. The summed E-state index contributed by atoms with van der Waals surface area (Å²) in [5.41, 5.74) is 2.13. The Morgan fingerprint density at radius 1 is 1.21 bits per heavy atom. The highest BCUT2D eigenvalue weighted by Crippen LogP contribution is 2.26. The fraction of sp³-hybridized carbons (Fsp3) is 0.476. The van der Waals surface area contributed by atoms with E-state index in [1.807, 2.05) is 45.0 Å². The molecule has 0 fully saturated rings. The second-order valence-corrected chi connectivity index (χ2v) is 8.14. The number of thiophene rings is 1. The van der Waals surface area contributed by atoms with Gasteiger partial charge < -0.3 is 25.2 Å². The minimum absolute atomic E-state index is 0.342. The van der Waals surface area contributed by atoms with E-state index in [0.717, 1.165) is 28.3 Å². The Morgan fingerprint density at radius 2 is 2.03 bits per heavy atom. The van der Waals surface area contributed by atoms with E-state index < -0.39 is 6.10 Å². The van der Waals surface area contributed by atoms with Gasteiger partial charge in [0.25, 0.3) is 0 Å². The van der Waals surface area contributed by atoms with Crippen molar-refractivity contribution >= 4 is 28.9 Å². The zero-order chi connectivity index (χ0) is 21.1. The predicted octanol–water partition coefficient (Wildman–Crippen LogP) is 3.91. The van der Waals surface area contributed by atoms with Gasteiger partial charge in [-0.1, -0.05) is 23.7 Å². The molecule has 0 spiro atoms. The third-order valence-corrected chi connectivity index (χ3v) is 5.38. The molecular formula is C21H30ClN3O3S. The van der Waals surface area contributed by atoms with Gasteiger partial charge in [-0.05, 0) is 44.5 Å². The van der Waals surface area contributed by atoms with Crippen molar-refractivity contribution in [1.29, 1.82) is 0 Å². The van der Waals surface area contributed by atoms with Gasteiger partial charge in [-0.15, -0.1) is 11.3 Å². The Hall–Kier alpha value is -1.80. The topological polar surface area (TPSA) is 75.1 Å². The largest absolute Gasteiger partial charge is 0.491 e. The van der Waals surface area contributed by atoms with Crippen LogP contribution in [0.5, 0.6) is 5.75 Å². The van der Waals surface area contributed by atoms with Gasteiger partial charge in [0.1, 0.15) is 18.5 Å². The number of hydrogen-bond acceptors (Lipinski definition) is 5. The molecule has 1 heterocycles. The van der Waals surface area contributed by atoms with Crippen LogP contribution in [-0.2, 0) is 11.3 Å². The van der Waals surface area contributed by atoms with E-state index in [-0.39, 0.29) is 0 Å². The molecule has 2 aromatic rings. The van der Waals surface area contributed by atoms with Crippen molar-refractivity contribution in [1.82, 2.24) is 10.6 Å². The number of aliphatic imine (C=N–C) groups is 1. The molecule has 0 saturated heterocycles. The average molecular weight is 440 g/mol. The van der Waals surface area contributed by atoms with Gasteiger partial charge in [0.05, 0.1) is 17.5 Å². The first-order valence-corrected chi connectivity index (χ1v) is 11.0. The second-order valence-electron chi connectivity index (χ2n) is 6.39. The lowest BCUT2D eigenvalue weighted by Crippen LogP contribution is -2.39. The van der Waals surface area contributed by atoms with Crippen molar-refractivity contribution in [2.24, 2.45) is 4.99 Å². The van der Waals surface area contributed by atoms with Crippen LogP contribution in [0.25, 0.3) is 0 Å². The molecule has 1 aromatic carbocycles. The number of aliphatic hydroxyl groups excluding tert-OH is 1. The molecule has 29 heavy (non-hydrogen) atoms. The molecule has 2 rings (SSSR count). The number of halogens is 1. The van der Waals surface area contributed by atoms with E-state index in [1.54, 1.807) is 6.07 Å². The molecule has 0 aliphatic heterocycles. The van der Waals surface area contributed by atoms with Gasteiger partial charge in [0, 0.05) is 30.1 Å². The fourth-order valence-electron chi connectivity index (χ4n) is 2.59. The number of nitrogens with one attached hydrogen (secondary N) is 2. The number of aryl methyl sites for hydroxylation is 1. The molecule has 3 N–H and O–H groups in total. The molecule has 1 aromatic heterocycles. The molecule has 8 heteroatoms. The van der Waals surface area contributed by atoms with Gasteiger partial charge in [-0.2, -0.15) is 0 Å². The molecule has 0 amide bonds. The molecule has 1 atom stereocenters. The van der Waals surface area contributed by atoms with Crippen molar-refractivity contribution in [3.8, 4) is 5.75 Å². The summed E-state index contributed by atoms with van der Waals surface area (Å²) in [6.07, 6.45) is -0.645. The number of nitrogens with zero attached hydrogens (tertiary/aromatic N) is 1. The highest BCUT2D eigenvalue weighted by Gasteiger charge is 2.11. The van der Waals surface area contributed by atoms with Gasteiger partial charge in [0.15, 0.2) is 5.96 Å². The average Bonchev–Trinajstić information content (AvgIpc) is 3.14. The van der Waals surface area contributed by atoms with Crippen LogP contribution in [-0.4, -0.2) is 44.0 Å². The molecule has 6 nitrogen and oxygen atoms in total. The first-order chi connectivity index (χ1) is 14.0. The monoisotopic (exact) mass is 439 g/mol. The molecule has 160 valence electrons. The van der Waals surface area contributed by atoms with E-state index >= 15 is 0 Å². The van der Waals surface area contributed by atoms with E-state index in [0.29, 0.717) is 43.2 Å². The quantitative estimate of drug-likeness (QED) is 0.281. The summed E-state index contributed by atoms with van der Waals surface area (Å²) in [6, 6.07) is 9.71. The van der Waals surface area contributed by atoms with Gasteiger partial charge in [-0.3, -0.25) is 0 Å². The van der Waals surface area contributed by atoms with E-state index in [1.165, 1.54) is 11.3 Å². The van der Waals surface area contributed by atoms with E-state index in [9.17, 15) is 5.11 Å². The summed E-state index contributed by atoms with van der Waals surface area (Å²) in [7, 11) is 0. The zero-order valence-corrected chi connectivity index (χ0v) is 18.8. The van der Waals surface area contributed by atoms with Crippen LogP contribution in [0.15, 0.2) is 35.3 Å². The summed E-state index contributed by atoms with van der Waals surface area (Å²) in [5, 5.41) is 16.7. The highest BCUT2D eigenvalue weighted by molar-refractivity contribution is 7.16. The Morgan fingerprint density at radius 3 is 2.72 bits per heavy atom. The summed E-state index contributed by atoms with van der Waals surface area (Å²) in [5.74, 6) is 1.45. The number of aliphatic hydroxyl groups is 1. The van der Waals surface area contributed by atoms with Crippen LogP contribution in [0, 0.1) is 6.92 Å². The van der Waals surface area contributed by atoms with E-state index in [4.69, 9.17) is 21.1 Å². The number of hydrogen-bond donors (Lipinski definition) is 3. The Labute approximate surface area is 181 Å². The van der Waals surface area contributed by atoms with Crippen LogP contribution in [0.1, 0.15) is 36.0 Å². The number of ether oxygens (including phenoxy) is 2. The van der Waals surface area contributed by atoms with Crippen molar-refractivity contribution < 1.29 is 14.6 Å². The lowest BCUT2D eigenvalue weighted by molar-refractivity contribution is 0.110. The minimum atomic E-state index is -0.645. The summed E-state index contributed by atoms with van der Waals surface area (Å²) < 4.78 is 11.9. The molecule has 0 radical (unpaired) electrons. The molecule has 0 aliphatic carbocycles. The molecular weight excluding hydrogens is 410 g/mol. The van der Waals surface area contributed by atoms with Gasteiger partial charge in [0.2, 0.25) is 0 Å². The van der Waals surface area contributed by atoms with Crippen molar-refractivity contribution in [2.45, 2.75) is 33.4 Å². The lowest BCUT2D eigenvalue weighted by atomic mass is 10.1. The number of rotatable bonds is 11. The van der Waals surface area contributed by atoms with Gasteiger partial charge >= 0.3 is 0 Å². The Kier molecular flexibility index (Phi) is 10.3. The lowest BCUT2D eigenvalue weighted by Gasteiger charge is -2.15. The SMILES string of the molecule is CCNC(=NCc1ccc(C)cc1OCCOCC)NCC(O)c1ccc(Cl)s1. The van der Waals surface area contributed by atoms with Crippen LogP contribution in [0.2, 0.25) is 4.34 Å². The third-order valence-electron chi connectivity index (χ3n) is 4.05. The Balaban J connectivity index is 1.99. The maximum absolute atomic E-state index is 10.3. The summed E-state index contributed by atoms with van der Waals surface area (Å²) >= 11 is 7.32. The first-order valence-electron chi connectivity index (χ1n) is 9.79. The molecule has 0 aliphatic rings. The van der Waals surface area contributed by atoms with E-state index in [2.05, 4.69) is 15.6 Å². The maximum atomic E-state index is 10.3. The van der Waals surface area contributed by atoms with Crippen molar-refractivity contribution in [3.63, 3.8) is 0 Å². The van der Waals surface area contributed by atoms with Crippen molar-refractivity contribution in [2.75, 3.05) is 32.9 Å². The normalized spacial score (nSPS) is 12.7. The smallest absolute Gasteiger partial charge is 0.191 e. The number of benzene rings is 1. The fourth-order valence-corrected chi connectivity index (χ4v) is 3.64. The summed E-state index contributed by atoms with van der Waals surface area (Å²) in [6.45, 7) is 9.26. The molecule has 1 unspecified atom stereocenters. The van der Waals surface area contributed by atoms with Crippen LogP contribution < -0.4 is 15.4 Å². The van der Waals surface area contributed by atoms with Crippen LogP contribution >= 0.6 is 22.9 Å². The highest BCUT2D eigenvalue weighted by atomic mass is 35.5. The van der Waals surface area contributed by atoms with Crippen molar-refractivity contribution in [3.05, 3.63) is 50.7 Å². The zero-order valence-electron chi connectivity index (χ0n) is 17.2. The Bertz CT molecular complexity index is 782. The summed E-state index contributed by atoms with van der Waals surface area (Å²) in [4.78, 5) is 5.46. The minimum Gasteiger partial charge on any atom is -0.491 e. The molecule has 0 saturated carbocycles. The van der Waals surface area contributed by atoms with Crippen LogP contribution in [0.3, 0.4) is 0 Å². The maximum Gasteiger partial charge on any atom is 0.191 e. The standard InChI is InChI=1S/C21H30ClN3O3S/c1-4-23-21(25-14-17(26)19-8-9-20(22)29-19)24-13-16-7-6-15(3)12-18(16)28-11-10-27-5-2/h6-9,12,17,26H,4-5,10-11,13-14H2,1-3H3,(H2,23,24,25). The van der Waals surface area contributed by atoms with Crippen LogP contribution in [0.4, 0.5) is 0 Å². The second kappa shape index (κ2) is 12.7. The number of guanidine groups is 1.